The molecule has 1 atom stereocenters. The zero-order valence-corrected chi connectivity index (χ0v) is 12.2. The molecule has 0 aliphatic carbocycles. The Labute approximate surface area is 120 Å². The zero-order valence-electron chi connectivity index (χ0n) is 12.2. The monoisotopic (exact) mass is 277 g/mol. The Balaban J connectivity index is 2.17. The Hall–Kier alpha value is -1.75. The van der Waals surface area contributed by atoms with Crippen LogP contribution < -0.4 is 10.5 Å². The van der Waals surface area contributed by atoms with E-state index in [4.69, 9.17) is 15.7 Å². The van der Waals surface area contributed by atoms with Gasteiger partial charge >= 0.3 is 0 Å². The largest absolute Gasteiger partial charge is 0.496 e. The van der Waals surface area contributed by atoms with Crippen LogP contribution in [0.25, 0.3) is 0 Å². The lowest BCUT2D eigenvalue weighted by Gasteiger charge is -2.23. The van der Waals surface area contributed by atoms with Crippen molar-refractivity contribution in [2.75, 3.05) is 13.7 Å². The Kier molecular flexibility index (Phi) is 4.84. The van der Waals surface area contributed by atoms with Crippen molar-refractivity contribution >= 4 is 5.84 Å². The molecule has 1 aromatic carbocycles. The van der Waals surface area contributed by atoms with Gasteiger partial charge in [-0.1, -0.05) is 18.1 Å². The molecular weight excluding hydrogens is 254 g/mol. The van der Waals surface area contributed by atoms with E-state index in [0.29, 0.717) is 17.4 Å². The highest BCUT2D eigenvalue weighted by Gasteiger charge is 2.23. The van der Waals surface area contributed by atoms with Crippen LogP contribution in [-0.4, -0.2) is 35.6 Å². The maximum absolute atomic E-state index is 8.77. The van der Waals surface area contributed by atoms with Crippen LogP contribution in [0.15, 0.2) is 23.4 Å². The van der Waals surface area contributed by atoms with Gasteiger partial charge in [0.25, 0.3) is 0 Å². The summed E-state index contributed by atoms with van der Waals surface area (Å²) in [6.07, 6.45) is 3.76. The number of likely N-dealkylation sites (tertiary alicyclic amines) is 1. The Bertz CT molecular complexity index is 488. The summed E-state index contributed by atoms with van der Waals surface area (Å²) in [5.74, 6) is 0.714. The predicted octanol–water partition coefficient (Wildman–Crippen LogP) is 2.16. The third kappa shape index (κ3) is 3.04. The molecule has 20 heavy (non-hydrogen) atoms. The van der Waals surface area contributed by atoms with E-state index < -0.39 is 0 Å². The molecular formula is C15H23N3O2. The number of rotatable bonds is 5. The number of oxime groups is 1. The first-order chi connectivity index (χ1) is 9.69. The van der Waals surface area contributed by atoms with Gasteiger partial charge in [-0.05, 0) is 43.5 Å². The molecule has 0 radical (unpaired) electrons. The van der Waals surface area contributed by atoms with Crippen LogP contribution >= 0.6 is 0 Å². The van der Waals surface area contributed by atoms with Gasteiger partial charge in [0.15, 0.2) is 5.84 Å². The van der Waals surface area contributed by atoms with E-state index in [1.165, 1.54) is 24.8 Å². The number of amidine groups is 1. The van der Waals surface area contributed by atoms with Crippen LogP contribution in [0.3, 0.4) is 0 Å². The van der Waals surface area contributed by atoms with Gasteiger partial charge in [0.05, 0.1) is 12.7 Å². The third-order valence-electron chi connectivity index (χ3n) is 4.01. The summed E-state index contributed by atoms with van der Waals surface area (Å²) in [5, 5.41) is 11.8. The van der Waals surface area contributed by atoms with E-state index in [9.17, 15) is 0 Å². The molecule has 1 heterocycles. The van der Waals surface area contributed by atoms with Crippen molar-refractivity contribution in [1.29, 1.82) is 0 Å². The predicted molar refractivity (Wildman–Crippen MR) is 79.2 cm³/mol. The van der Waals surface area contributed by atoms with Gasteiger partial charge in [0.1, 0.15) is 5.75 Å². The highest BCUT2D eigenvalue weighted by atomic mass is 16.5. The fourth-order valence-electron chi connectivity index (χ4n) is 2.90. The topological polar surface area (TPSA) is 71.1 Å². The summed E-state index contributed by atoms with van der Waals surface area (Å²) in [4.78, 5) is 2.51. The van der Waals surface area contributed by atoms with Gasteiger partial charge in [-0.15, -0.1) is 0 Å². The fraction of sp³-hybridized carbons (Fsp3) is 0.533. The van der Waals surface area contributed by atoms with Crippen molar-refractivity contribution in [2.45, 2.75) is 38.8 Å². The van der Waals surface area contributed by atoms with Crippen molar-refractivity contribution in [3.63, 3.8) is 0 Å². The molecule has 3 N–H and O–H groups in total. The second kappa shape index (κ2) is 6.61. The molecule has 0 spiro atoms. The van der Waals surface area contributed by atoms with E-state index >= 15 is 0 Å². The Morgan fingerprint density at radius 2 is 2.35 bits per heavy atom. The molecule has 110 valence electrons. The number of ether oxygens (including phenoxy) is 1. The molecule has 1 aliphatic rings. The van der Waals surface area contributed by atoms with Crippen LogP contribution in [0.2, 0.25) is 0 Å². The molecule has 1 saturated heterocycles. The molecule has 1 unspecified atom stereocenters. The van der Waals surface area contributed by atoms with E-state index in [1.807, 2.05) is 18.2 Å². The van der Waals surface area contributed by atoms with Crippen molar-refractivity contribution < 1.29 is 9.94 Å². The van der Waals surface area contributed by atoms with E-state index in [-0.39, 0.29) is 5.84 Å². The van der Waals surface area contributed by atoms with Crippen LogP contribution in [-0.2, 0) is 6.54 Å². The van der Waals surface area contributed by atoms with Gasteiger partial charge in [-0.3, -0.25) is 4.90 Å². The fourth-order valence-corrected chi connectivity index (χ4v) is 2.90. The standard InChI is InChI=1S/C15H23N3O2/c1-3-12-5-4-8-18(12)10-11-6-7-13(15(16)17-19)14(9-11)20-2/h6-7,9,12,19H,3-5,8,10H2,1-2H3,(H2,16,17). The quantitative estimate of drug-likeness (QED) is 0.374. The molecule has 0 bridgehead atoms. The lowest BCUT2D eigenvalue weighted by Crippen LogP contribution is -2.28. The zero-order chi connectivity index (χ0) is 14.5. The summed E-state index contributed by atoms with van der Waals surface area (Å²) in [6, 6.07) is 6.52. The number of hydrogen-bond donors (Lipinski definition) is 2. The van der Waals surface area contributed by atoms with Crippen molar-refractivity contribution in [3.05, 3.63) is 29.3 Å². The molecule has 0 saturated carbocycles. The highest BCUT2D eigenvalue weighted by molar-refractivity contribution is 5.99. The van der Waals surface area contributed by atoms with Crippen molar-refractivity contribution in [3.8, 4) is 5.75 Å². The van der Waals surface area contributed by atoms with Crippen LogP contribution in [0.4, 0.5) is 0 Å². The van der Waals surface area contributed by atoms with E-state index in [0.717, 1.165) is 13.1 Å². The molecule has 0 amide bonds. The normalized spacial score (nSPS) is 20.3. The number of hydrogen-bond acceptors (Lipinski definition) is 4. The minimum atomic E-state index is 0.0704. The number of methoxy groups -OCH3 is 1. The number of benzene rings is 1. The molecule has 2 rings (SSSR count). The van der Waals surface area contributed by atoms with Crippen LogP contribution in [0.1, 0.15) is 37.3 Å². The highest BCUT2D eigenvalue weighted by Crippen LogP contribution is 2.25. The maximum atomic E-state index is 8.77. The van der Waals surface area contributed by atoms with Crippen molar-refractivity contribution in [2.24, 2.45) is 10.9 Å². The van der Waals surface area contributed by atoms with Crippen molar-refractivity contribution in [1.82, 2.24) is 4.90 Å². The molecule has 1 aliphatic heterocycles. The van der Waals surface area contributed by atoms with Crippen LogP contribution in [0.5, 0.6) is 5.75 Å². The average molecular weight is 277 g/mol. The van der Waals surface area contributed by atoms with Gasteiger partial charge in [-0.2, -0.15) is 0 Å². The van der Waals surface area contributed by atoms with Gasteiger partial charge in [0, 0.05) is 12.6 Å². The number of nitrogens with zero attached hydrogens (tertiary/aromatic N) is 2. The van der Waals surface area contributed by atoms with Gasteiger partial charge < -0.3 is 15.7 Å². The lowest BCUT2D eigenvalue weighted by atomic mass is 10.1. The summed E-state index contributed by atoms with van der Waals surface area (Å²) < 4.78 is 5.34. The first-order valence-corrected chi connectivity index (χ1v) is 7.08. The SMILES string of the molecule is CCC1CCCN1Cc1ccc(/C(N)=N/O)c(OC)c1. The second-order valence-corrected chi connectivity index (χ2v) is 5.19. The first kappa shape index (κ1) is 14.7. The summed E-state index contributed by atoms with van der Waals surface area (Å²) in [7, 11) is 1.60. The second-order valence-electron chi connectivity index (χ2n) is 5.19. The Morgan fingerprint density at radius 1 is 1.55 bits per heavy atom. The molecule has 5 nitrogen and oxygen atoms in total. The summed E-state index contributed by atoms with van der Waals surface area (Å²) >= 11 is 0. The third-order valence-corrected chi connectivity index (χ3v) is 4.01. The maximum Gasteiger partial charge on any atom is 0.173 e. The van der Waals surface area contributed by atoms with E-state index in [1.54, 1.807) is 7.11 Å². The van der Waals surface area contributed by atoms with Gasteiger partial charge in [0.2, 0.25) is 0 Å². The average Bonchev–Trinajstić information content (AvgIpc) is 2.93. The minimum Gasteiger partial charge on any atom is -0.496 e. The molecule has 0 aromatic heterocycles. The summed E-state index contributed by atoms with van der Waals surface area (Å²) in [6.45, 7) is 4.32. The molecule has 1 fully saturated rings. The summed E-state index contributed by atoms with van der Waals surface area (Å²) in [5.41, 5.74) is 7.45. The number of nitrogens with two attached hydrogens (primary N) is 1. The molecule has 1 aromatic rings. The van der Waals surface area contributed by atoms with Crippen LogP contribution in [0, 0.1) is 0 Å². The Morgan fingerprint density at radius 3 is 3.00 bits per heavy atom. The van der Waals surface area contributed by atoms with Gasteiger partial charge in [-0.25, -0.2) is 0 Å². The smallest absolute Gasteiger partial charge is 0.173 e. The van der Waals surface area contributed by atoms with E-state index in [2.05, 4.69) is 17.0 Å². The minimum absolute atomic E-state index is 0.0704. The molecule has 5 heteroatoms. The lowest BCUT2D eigenvalue weighted by molar-refractivity contribution is 0.239. The first-order valence-electron chi connectivity index (χ1n) is 7.08.